The zero-order valence-corrected chi connectivity index (χ0v) is 10.8. The molecule has 0 bridgehead atoms. The minimum Gasteiger partial charge on any atom is -0.392 e. The first-order chi connectivity index (χ1) is 7.93. The van der Waals surface area contributed by atoms with Gasteiger partial charge in [0.2, 0.25) is 17.2 Å². The number of nitrogens with zero attached hydrogens (tertiary/aromatic N) is 3. The first-order valence-corrected chi connectivity index (χ1v) is 5.85. The number of halogens is 1. The van der Waals surface area contributed by atoms with Gasteiger partial charge in [-0.1, -0.05) is 13.8 Å². The van der Waals surface area contributed by atoms with E-state index in [-0.39, 0.29) is 22.8 Å². The Bertz CT molecular complexity index is 425. The van der Waals surface area contributed by atoms with E-state index in [9.17, 15) is 5.11 Å². The number of hydrogen-bond acceptors (Lipinski definition) is 6. The number of nitrogens with one attached hydrogen (secondary N) is 2. The first-order valence-electron chi connectivity index (χ1n) is 5.47. The van der Waals surface area contributed by atoms with Gasteiger partial charge in [-0.15, -0.1) is 0 Å². The van der Waals surface area contributed by atoms with Crippen molar-refractivity contribution in [2.75, 3.05) is 17.7 Å². The van der Waals surface area contributed by atoms with Gasteiger partial charge in [0.15, 0.2) is 0 Å². The SMILES string of the molecule is CNc1nc(Cl)nc(NC2CC(O)C2(C)C)n1. The highest BCUT2D eigenvalue weighted by molar-refractivity contribution is 6.28. The Morgan fingerprint density at radius 1 is 1.29 bits per heavy atom. The highest BCUT2D eigenvalue weighted by Crippen LogP contribution is 2.41. The van der Waals surface area contributed by atoms with E-state index in [0.717, 1.165) is 0 Å². The molecule has 0 amide bonds. The molecule has 17 heavy (non-hydrogen) atoms. The van der Waals surface area contributed by atoms with Gasteiger partial charge < -0.3 is 15.7 Å². The van der Waals surface area contributed by atoms with Gasteiger partial charge in [-0.2, -0.15) is 15.0 Å². The van der Waals surface area contributed by atoms with E-state index < -0.39 is 0 Å². The van der Waals surface area contributed by atoms with Crippen molar-refractivity contribution in [3.05, 3.63) is 5.28 Å². The van der Waals surface area contributed by atoms with Crippen LogP contribution in [-0.2, 0) is 0 Å². The molecule has 1 aliphatic carbocycles. The standard InChI is InChI=1S/C10H16ClN5O/c1-10(2)5(4-6(10)17)13-9-15-7(11)14-8(12-3)16-9/h5-6,17H,4H2,1-3H3,(H2,12,13,14,15,16). The van der Waals surface area contributed by atoms with Gasteiger partial charge in [0.1, 0.15) is 0 Å². The summed E-state index contributed by atoms with van der Waals surface area (Å²) in [6.45, 7) is 4.00. The molecule has 0 aliphatic heterocycles. The third kappa shape index (κ3) is 2.28. The summed E-state index contributed by atoms with van der Waals surface area (Å²) in [6.07, 6.45) is 0.395. The van der Waals surface area contributed by atoms with Crippen molar-refractivity contribution in [1.82, 2.24) is 15.0 Å². The van der Waals surface area contributed by atoms with Crippen molar-refractivity contribution >= 4 is 23.5 Å². The third-order valence-electron chi connectivity index (χ3n) is 3.35. The quantitative estimate of drug-likeness (QED) is 0.753. The molecule has 2 rings (SSSR count). The summed E-state index contributed by atoms with van der Waals surface area (Å²) in [6, 6.07) is 0.140. The number of anilines is 2. The highest BCUT2D eigenvalue weighted by atomic mass is 35.5. The lowest BCUT2D eigenvalue weighted by molar-refractivity contribution is -0.0512. The van der Waals surface area contributed by atoms with Crippen molar-refractivity contribution in [1.29, 1.82) is 0 Å². The summed E-state index contributed by atoms with van der Waals surface area (Å²) < 4.78 is 0. The molecule has 7 heteroatoms. The predicted octanol–water partition coefficient (Wildman–Crippen LogP) is 1.14. The van der Waals surface area contributed by atoms with E-state index in [1.807, 2.05) is 13.8 Å². The Labute approximate surface area is 105 Å². The van der Waals surface area contributed by atoms with Crippen LogP contribution in [0.1, 0.15) is 20.3 Å². The lowest BCUT2D eigenvalue weighted by Gasteiger charge is -2.49. The Morgan fingerprint density at radius 2 is 1.94 bits per heavy atom. The Hall–Kier alpha value is -1.14. The lowest BCUT2D eigenvalue weighted by atomic mass is 9.65. The van der Waals surface area contributed by atoms with E-state index in [4.69, 9.17) is 11.6 Å². The summed E-state index contributed by atoms with van der Waals surface area (Å²) in [4.78, 5) is 12.1. The zero-order valence-electron chi connectivity index (χ0n) is 10.0. The van der Waals surface area contributed by atoms with Crippen LogP contribution in [0, 0.1) is 5.41 Å². The van der Waals surface area contributed by atoms with Crippen molar-refractivity contribution in [3.63, 3.8) is 0 Å². The number of aromatic nitrogens is 3. The van der Waals surface area contributed by atoms with Crippen molar-refractivity contribution in [2.24, 2.45) is 5.41 Å². The fraction of sp³-hybridized carbons (Fsp3) is 0.700. The summed E-state index contributed by atoms with van der Waals surface area (Å²) in [5.74, 6) is 0.851. The van der Waals surface area contributed by atoms with Crippen LogP contribution in [0.15, 0.2) is 0 Å². The molecule has 1 aliphatic rings. The highest BCUT2D eigenvalue weighted by Gasteiger charge is 2.47. The minimum atomic E-state index is -0.291. The maximum Gasteiger partial charge on any atom is 0.229 e. The van der Waals surface area contributed by atoms with Crippen LogP contribution in [0.25, 0.3) is 0 Å². The largest absolute Gasteiger partial charge is 0.392 e. The summed E-state index contributed by atoms with van der Waals surface area (Å²) in [5, 5.41) is 15.8. The van der Waals surface area contributed by atoms with E-state index >= 15 is 0 Å². The monoisotopic (exact) mass is 257 g/mol. The third-order valence-corrected chi connectivity index (χ3v) is 3.52. The van der Waals surface area contributed by atoms with Crippen molar-refractivity contribution in [2.45, 2.75) is 32.4 Å². The van der Waals surface area contributed by atoms with Crippen LogP contribution in [0.5, 0.6) is 0 Å². The fourth-order valence-corrected chi connectivity index (χ4v) is 1.99. The first kappa shape index (κ1) is 12.3. The Morgan fingerprint density at radius 3 is 2.47 bits per heavy atom. The van der Waals surface area contributed by atoms with Gasteiger partial charge in [0.05, 0.1) is 6.10 Å². The number of aliphatic hydroxyl groups excluding tert-OH is 1. The van der Waals surface area contributed by atoms with Crippen molar-refractivity contribution in [3.8, 4) is 0 Å². The Balaban J connectivity index is 2.12. The molecule has 1 heterocycles. The van der Waals surface area contributed by atoms with Gasteiger partial charge in [0, 0.05) is 18.5 Å². The van der Waals surface area contributed by atoms with Crippen LogP contribution < -0.4 is 10.6 Å². The molecule has 0 aromatic carbocycles. The summed E-state index contributed by atoms with van der Waals surface area (Å²) in [7, 11) is 1.71. The molecule has 1 aromatic heterocycles. The fourth-order valence-electron chi connectivity index (χ4n) is 1.83. The van der Waals surface area contributed by atoms with Gasteiger partial charge in [-0.25, -0.2) is 0 Å². The molecule has 0 spiro atoms. The van der Waals surface area contributed by atoms with Gasteiger partial charge in [-0.3, -0.25) is 0 Å². The van der Waals surface area contributed by atoms with E-state index in [1.165, 1.54) is 0 Å². The van der Waals surface area contributed by atoms with Crippen LogP contribution >= 0.6 is 11.6 Å². The second kappa shape index (κ2) is 4.27. The normalized spacial score (nSPS) is 26.2. The number of hydrogen-bond donors (Lipinski definition) is 3. The van der Waals surface area contributed by atoms with E-state index in [0.29, 0.717) is 18.3 Å². The average Bonchev–Trinajstić information content (AvgIpc) is 2.28. The second-order valence-corrected chi connectivity index (χ2v) is 5.11. The second-order valence-electron chi connectivity index (χ2n) is 4.77. The Kier molecular flexibility index (Phi) is 3.09. The van der Waals surface area contributed by atoms with Crippen molar-refractivity contribution < 1.29 is 5.11 Å². The summed E-state index contributed by atoms with van der Waals surface area (Å²) in [5.41, 5.74) is -0.182. The van der Waals surface area contributed by atoms with Gasteiger partial charge in [0.25, 0.3) is 0 Å². The number of rotatable bonds is 3. The smallest absolute Gasteiger partial charge is 0.229 e. The molecule has 2 atom stereocenters. The molecule has 1 fully saturated rings. The minimum absolute atomic E-state index is 0.140. The van der Waals surface area contributed by atoms with Crippen LogP contribution in [0.3, 0.4) is 0 Å². The van der Waals surface area contributed by atoms with Gasteiger partial charge in [-0.05, 0) is 18.0 Å². The maximum absolute atomic E-state index is 9.65. The molecule has 6 nitrogen and oxygen atoms in total. The average molecular weight is 258 g/mol. The van der Waals surface area contributed by atoms with E-state index in [2.05, 4.69) is 25.6 Å². The topological polar surface area (TPSA) is 83.0 Å². The van der Waals surface area contributed by atoms with Crippen LogP contribution in [0.4, 0.5) is 11.9 Å². The van der Waals surface area contributed by atoms with Crippen LogP contribution in [0.2, 0.25) is 5.28 Å². The molecule has 1 aromatic rings. The molecule has 94 valence electrons. The molecular formula is C10H16ClN5O. The van der Waals surface area contributed by atoms with Gasteiger partial charge >= 0.3 is 0 Å². The zero-order chi connectivity index (χ0) is 12.6. The molecule has 0 saturated heterocycles. The summed E-state index contributed by atoms with van der Waals surface area (Å²) >= 11 is 5.78. The molecule has 0 radical (unpaired) electrons. The van der Waals surface area contributed by atoms with E-state index in [1.54, 1.807) is 7.05 Å². The predicted molar refractivity (Wildman–Crippen MR) is 66.2 cm³/mol. The lowest BCUT2D eigenvalue weighted by Crippen LogP contribution is -2.57. The van der Waals surface area contributed by atoms with Crippen LogP contribution in [-0.4, -0.2) is 39.3 Å². The maximum atomic E-state index is 9.65. The number of aliphatic hydroxyl groups is 1. The molecule has 2 unspecified atom stereocenters. The molecule has 3 N–H and O–H groups in total. The molecule has 1 saturated carbocycles. The molecular weight excluding hydrogens is 242 g/mol.